The highest BCUT2D eigenvalue weighted by atomic mass is 16.6. The number of methoxy groups -OCH3 is 1. The van der Waals surface area contributed by atoms with Gasteiger partial charge in [0.15, 0.2) is 5.71 Å². The summed E-state index contributed by atoms with van der Waals surface area (Å²) in [5.41, 5.74) is 3.56. The first kappa shape index (κ1) is 17.5. The van der Waals surface area contributed by atoms with Crippen molar-refractivity contribution in [3.05, 3.63) is 64.7 Å². The van der Waals surface area contributed by atoms with E-state index in [1.807, 2.05) is 56.3 Å². The summed E-state index contributed by atoms with van der Waals surface area (Å²) in [7, 11) is 2.71. The lowest BCUT2D eigenvalue weighted by atomic mass is 9.98. The van der Waals surface area contributed by atoms with Crippen LogP contribution in [0, 0.1) is 13.8 Å². The minimum Gasteiger partial charge on any atom is -0.489 e. The summed E-state index contributed by atoms with van der Waals surface area (Å²) in [6.45, 7) is 4.20. The molecule has 0 aliphatic rings. The number of aryl methyl sites for hydroxylation is 2. The molecular weight excluding hydrogens is 306 g/mol. The number of para-hydroxylation sites is 1. The van der Waals surface area contributed by atoms with Crippen molar-refractivity contribution in [1.29, 1.82) is 0 Å². The Morgan fingerprint density at radius 1 is 1.00 bits per heavy atom. The molecule has 0 radical (unpaired) electrons. The number of hydrogen-bond donors (Lipinski definition) is 0. The molecule has 0 atom stereocenters. The van der Waals surface area contributed by atoms with E-state index in [1.165, 1.54) is 14.2 Å². The molecule has 2 rings (SSSR count). The second-order valence-corrected chi connectivity index (χ2v) is 5.28. The van der Waals surface area contributed by atoms with E-state index in [9.17, 15) is 4.79 Å². The Morgan fingerprint density at radius 3 is 2.38 bits per heavy atom. The zero-order chi connectivity index (χ0) is 17.5. The normalized spacial score (nSPS) is 11.1. The second kappa shape index (κ2) is 8.15. The molecular formula is C19H21NO4. The summed E-state index contributed by atoms with van der Waals surface area (Å²) < 4.78 is 10.7. The molecule has 0 saturated heterocycles. The van der Waals surface area contributed by atoms with Crippen LogP contribution in [0.15, 0.2) is 47.6 Å². The quantitative estimate of drug-likeness (QED) is 0.463. The third-order valence-corrected chi connectivity index (χ3v) is 3.63. The molecule has 0 aromatic heterocycles. The average Bonchev–Trinajstić information content (AvgIpc) is 2.59. The number of carbonyl (C=O) groups is 1. The van der Waals surface area contributed by atoms with Crippen LogP contribution >= 0.6 is 0 Å². The van der Waals surface area contributed by atoms with Crippen LogP contribution in [0.2, 0.25) is 0 Å². The van der Waals surface area contributed by atoms with Crippen LogP contribution in [-0.2, 0) is 21.0 Å². The smallest absolute Gasteiger partial charge is 0.360 e. The molecule has 5 nitrogen and oxygen atoms in total. The predicted octanol–water partition coefficient (Wildman–Crippen LogP) is 3.41. The van der Waals surface area contributed by atoms with Crippen molar-refractivity contribution in [2.75, 3.05) is 14.2 Å². The van der Waals surface area contributed by atoms with E-state index in [2.05, 4.69) is 5.16 Å². The minimum absolute atomic E-state index is 0.126. The van der Waals surface area contributed by atoms with Gasteiger partial charge in [-0.2, -0.15) is 0 Å². The van der Waals surface area contributed by atoms with Crippen molar-refractivity contribution >= 4 is 11.7 Å². The molecule has 2 aromatic carbocycles. The lowest BCUT2D eigenvalue weighted by Gasteiger charge is -2.15. The highest BCUT2D eigenvalue weighted by Crippen LogP contribution is 2.21. The van der Waals surface area contributed by atoms with Gasteiger partial charge < -0.3 is 14.3 Å². The van der Waals surface area contributed by atoms with Crippen molar-refractivity contribution in [2.24, 2.45) is 5.16 Å². The Labute approximate surface area is 141 Å². The first-order valence-electron chi connectivity index (χ1n) is 7.55. The van der Waals surface area contributed by atoms with Gasteiger partial charge in [-0.1, -0.05) is 41.6 Å². The monoisotopic (exact) mass is 327 g/mol. The van der Waals surface area contributed by atoms with Crippen LogP contribution in [0.3, 0.4) is 0 Å². The lowest BCUT2D eigenvalue weighted by molar-refractivity contribution is -0.132. The molecule has 0 N–H and O–H groups in total. The van der Waals surface area contributed by atoms with Gasteiger partial charge in [0.1, 0.15) is 19.5 Å². The fourth-order valence-corrected chi connectivity index (χ4v) is 2.43. The number of ether oxygens (including phenoxy) is 2. The number of esters is 1. The third kappa shape index (κ3) is 3.93. The van der Waals surface area contributed by atoms with E-state index >= 15 is 0 Å². The number of hydrogen-bond acceptors (Lipinski definition) is 5. The molecule has 0 spiro atoms. The third-order valence-electron chi connectivity index (χ3n) is 3.63. The van der Waals surface area contributed by atoms with Crippen molar-refractivity contribution < 1.29 is 19.1 Å². The van der Waals surface area contributed by atoms with Crippen LogP contribution < -0.4 is 4.74 Å². The Morgan fingerprint density at radius 2 is 1.71 bits per heavy atom. The maximum absolute atomic E-state index is 12.1. The molecule has 5 heteroatoms. The van der Waals surface area contributed by atoms with E-state index in [-0.39, 0.29) is 5.71 Å². The molecule has 0 fully saturated rings. The predicted molar refractivity (Wildman–Crippen MR) is 92.3 cm³/mol. The maximum atomic E-state index is 12.1. The van der Waals surface area contributed by atoms with Gasteiger partial charge in [0.05, 0.1) is 7.11 Å². The van der Waals surface area contributed by atoms with Crippen molar-refractivity contribution in [1.82, 2.24) is 0 Å². The van der Waals surface area contributed by atoms with E-state index in [4.69, 9.17) is 14.3 Å². The number of nitrogens with zero attached hydrogens (tertiary/aromatic N) is 1. The molecule has 0 unspecified atom stereocenters. The SMILES string of the molecule is CON=C(C(=O)OC)c1c(C)cccc1COc1ccccc1C. The molecule has 0 bridgehead atoms. The van der Waals surface area contributed by atoms with Crippen molar-refractivity contribution in [3.63, 3.8) is 0 Å². The van der Waals surface area contributed by atoms with Crippen LogP contribution in [-0.4, -0.2) is 25.9 Å². The first-order chi connectivity index (χ1) is 11.6. The lowest BCUT2D eigenvalue weighted by Crippen LogP contribution is -2.21. The summed E-state index contributed by atoms with van der Waals surface area (Å²) in [5.74, 6) is 0.247. The average molecular weight is 327 g/mol. The number of carbonyl (C=O) groups excluding carboxylic acids is 1. The molecule has 2 aromatic rings. The van der Waals surface area contributed by atoms with Crippen LogP contribution in [0.1, 0.15) is 22.3 Å². The van der Waals surface area contributed by atoms with Crippen LogP contribution in [0.5, 0.6) is 5.75 Å². The van der Waals surface area contributed by atoms with Gasteiger partial charge in [0, 0.05) is 5.56 Å². The molecule has 0 amide bonds. The summed E-state index contributed by atoms with van der Waals surface area (Å²) in [5, 5.41) is 3.85. The summed E-state index contributed by atoms with van der Waals surface area (Å²) >= 11 is 0. The summed E-state index contributed by atoms with van der Waals surface area (Å²) in [6.07, 6.45) is 0. The Hall–Kier alpha value is -2.82. The minimum atomic E-state index is -0.553. The standard InChI is InChI=1S/C19H21NO4/c1-13-8-5-6-11-16(13)24-12-15-10-7-9-14(2)17(15)18(20-23-4)19(21)22-3/h5-11H,12H2,1-4H3. The Bertz CT molecular complexity index is 753. The Kier molecular flexibility index (Phi) is 5.95. The van der Waals surface area contributed by atoms with E-state index < -0.39 is 5.97 Å². The molecule has 24 heavy (non-hydrogen) atoms. The highest BCUT2D eigenvalue weighted by Gasteiger charge is 2.21. The zero-order valence-corrected chi connectivity index (χ0v) is 14.3. The number of benzene rings is 2. The van der Waals surface area contributed by atoms with Gasteiger partial charge >= 0.3 is 5.97 Å². The molecule has 0 aliphatic carbocycles. The zero-order valence-electron chi connectivity index (χ0n) is 14.3. The number of oxime groups is 1. The second-order valence-electron chi connectivity index (χ2n) is 5.28. The fourth-order valence-electron chi connectivity index (χ4n) is 2.43. The molecule has 126 valence electrons. The van der Waals surface area contributed by atoms with Gasteiger partial charge in [0.25, 0.3) is 0 Å². The first-order valence-corrected chi connectivity index (χ1v) is 7.55. The molecule has 0 aliphatic heterocycles. The largest absolute Gasteiger partial charge is 0.489 e. The van der Waals surface area contributed by atoms with Gasteiger partial charge in [-0.25, -0.2) is 4.79 Å². The van der Waals surface area contributed by atoms with Crippen molar-refractivity contribution in [3.8, 4) is 5.75 Å². The fraction of sp³-hybridized carbons (Fsp3) is 0.263. The summed E-state index contributed by atoms with van der Waals surface area (Å²) in [6, 6.07) is 13.5. The summed E-state index contributed by atoms with van der Waals surface area (Å²) in [4.78, 5) is 16.9. The molecule has 0 saturated carbocycles. The number of rotatable bonds is 6. The van der Waals surface area contributed by atoms with Gasteiger partial charge in [0.2, 0.25) is 0 Å². The highest BCUT2D eigenvalue weighted by molar-refractivity contribution is 6.43. The topological polar surface area (TPSA) is 57.1 Å². The van der Waals surface area contributed by atoms with Gasteiger partial charge in [-0.05, 0) is 36.6 Å². The van der Waals surface area contributed by atoms with E-state index in [0.717, 1.165) is 22.4 Å². The van der Waals surface area contributed by atoms with Crippen molar-refractivity contribution in [2.45, 2.75) is 20.5 Å². The Balaban J connectivity index is 2.37. The molecule has 0 heterocycles. The van der Waals surface area contributed by atoms with E-state index in [1.54, 1.807) is 0 Å². The van der Waals surface area contributed by atoms with Gasteiger partial charge in [-0.3, -0.25) is 0 Å². The van der Waals surface area contributed by atoms with E-state index in [0.29, 0.717) is 12.2 Å². The maximum Gasteiger partial charge on any atom is 0.360 e. The van der Waals surface area contributed by atoms with Crippen LogP contribution in [0.25, 0.3) is 0 Å². The van der Waals surface area contributed by atoms with Crippen LogP contribution in [0.4, 0.5) is 0 Å². The van der Waals surface area contributed by atoms with Gasteiger partial charge in [-0.15, -0.1) is 0 Å².